The number of carbonyl (C=O) groups excluding carboxylic acids is 1. The van der Waals surface area contributed by atoms with Crippen LogP contribution in [0.15, 0.2) is 18.2 Å². The number of halogens is 1. The number of aliphatic hydroxyl groups excluding tert-OH is 1. The van der Waals surface area contributed by atoms with Crippen molar-refractivity contribution >= 4 is 5.97 Å². The van der Waals surface area contributed by atoms with Crippen molar-refractivity contribution in [2.75, 3.05) is 7.11 Å². The quantitative estimate of drug-likeness (QED) is 0.818. The highest BCUT2D eigenvalue weighted by Crippen LogP contribution is 2.22. The number of esters is 1. The number of hydrogen-bond acceptors (Lipinski definition) is 4. The highest BCUT2D eigenvalue weighted by molar-refractivity contribution is 5.74. The predicted molar refractivity (Wildman–Crippen MR) is 59.1 cm³/mol. The molecule has 0 saturated heterocycles. The van der Waals surface area contributed by atoms with Gasteiger partial charge in [0.15, 0.2) is 17.7 Å². The number of ether oxygens (including phenoxy) is 2. The van der Waals surface area contributed by atoms with Crippen LogP contribution >= 0.6 is 0 Å². The van der Waals surface area contributed by atoms with E-state index in [1.165, 1.54) is 39.2 Å². The minimum absolute atomic E-state index is 0.0488. The molecule has 0 spiro atoms. The minimum Gasteiger partial charge on any atom is -0.476 e. The molecule has 94 valence electrons. The van der Waals surface area contributed by atoms with Gasteiger partial charge in [0, 0.05) is 0 Å². The topological polar surface area (TPSA) is 55.8 Å². The second-order valence-corrected chi connectivity index (χ2v) is 3.65. The van der Waals surface area contributed by atoms with Crippen molar-refractivity contribution in [2.24, 2.45) is 0 Å². The Labute approximate surface area is 99.0 Å². The first-order valence-corrected chi connectivity index (χ1v) is 5.17. The van der Waals surface area contributed by atoms with E-state index in [1.54, 1.807) is 0 Å². The van der Waals surface area contributed by atoms with Crippen molar-refractivity contribution in [3.63, 3.8) is 0 Å². The highest BCUT2D eigenvalue weighted by atomic mass is 19.1. The van der Waals surface area contributed by atoms with Crippen molar-refractivity contribution in [3.8, 4) is 5.75 Å². The lowest BCUT2D eigenvalue weighted by atomic mass is 10.1. The molecule has 1 N–H and O–H groups in total. The molecule has 17 heavy (non-hydrogen) atoms. The summed E-state index contributed by atoms with van der Waals surface area (Å²) in [5, 5.41) is 9.27. The summed E-state index contributed by atoms with van der Waals surface area (Å²) < 4.78 is 23.1. The van der Waals surface area contributed by atoms with Gasteiger partial charge in [-0.05, 0) is 31.5 Å². The minimum atomic E-state index is -0.883. The molecule has 0 saturated carbocycles. The summed E-state index contributed by atoms with van der Waals surface area (Å²) in [5.74, 6) is -1.25. The molecule has 0 radical (unpaired) electrons. The maximum Gasteiger partial charge on any atom is 0.346 e. The van der Waals surface area contributed by atoms with Gasteiger partial charge < -0.3 is 14.6 Å². The maximum absolute atomic E-state index is 13.5. The Hall–Kier alpha value is -1.62. The molecular weight excluding hydrogens is 227 g/mol. The van der Waals surface area contributed by atoms with Gasteiger partial charge in [-0.2, -0.15) is 0 Å². The van der Waals surface area contributed by atoms with Gasteiger partial charge in [-0.3, -0.25) is 0 Å². The molecule has 2 atom stereocenters. The van der Waals surface area contributed by atoms with Gasteiger partial charge in [0.2, 0.25) is 0 Å². The van der Waals surface area contributed by atoms with Gasteiger partial charge in [0.05, 0.1) is 13.2 Å². The molecule has 0 amide bonds. The smallest absolute Gasteiger partial charge is 0.346 e. The SMILES string of the molecule is COC(=O)C(C)Oc1ccc([C@@H](C)O)cc1F. The Morgan fingerprint density at radius 1 is 1.41 bits per heavy atom. The van der Waals surface area contributed by atoms with E-state index < -0.39 is 24.0 Å². The average molecular weight is 242 g/mol. The lowest BCUT2D eigenvalue weighted by molar-refractivity contribution is -0.148. The third kappa shape index (κ3) is 3.42. The van der Waals surface area contributed by atoms with Crippen molar-refractivity contribution < 1.29 is 23.8 Å². The third-order valence-electron chi connectivity index (χ3n) is 2.28. The lowest BCUT2D eigenvalue weighted by Crippen LogP contribution is -2.25. The highest BCUT2D eigenvalue weighted by Gasteiger charge is 2.17. The molecule has 1 aromatic carbocycles. The van der Waals surface area contributed by atoms with E-state index in [4.69, 9.17) is 4.74 Å². The first-order chi connectivity index (χ1) is 7.95. The number of hydrogen-bond donors (Lipinski definition) is 1. The van der Waals surface area contributed by atoms with E-state index in [9.17, 15) is 14.3 Å². The fourth-order valence-electron chi connectivity index (χ4n) is 1.28. The Bertz CT molecular complexity index is 403. The predicted octanol–water partition coefficient (Wildman–Crippen LogP) is 1.82. The molecule has 0 fully saturated rings. The van der Waals surface area contributed by atoms with Crippen LogP contribution in [0.4, 0.5) is 4.39 Å². The molecule has 0 heterocycles. The molecule has 5 heteroatoms. The number of aliphatic hydroxyl groups is 1. The van der Waals surface area contributed by atoms with Gasteiger partial charge in [-0.25, -0.2) is 9.18 Å². The number of carbonyl (C=O) groups is 1. The van der Waals surface area contributed by atoms with Crippen molar-refractivity contribution in [2.45, 2.75) is 26.1 Å². The van der Waals surface area contributed by atoms with Crippen LogP contribution in [-0.2, 0) is 9.53 Å². The van der Waals surface area contributed by atoms with Crippen molar-refractivity contribution in [1.82, 2.24) is 0 Å². The summed E-state index contributed by atoms with van der Waals surface area (Å²) in [7, 11) is 1.23. The monoisotopic (exact) mass is 242 g/mol. The molecule has 0 bridgehead atoms. The van der Waals surface area contributed by atoms with Gasteiger partial charge in [0.1, 0.15) is 0 Å². The molecule has 1 aromatic rings. The molecule has 1 unspecified atom stereocenters. The Balaban J connectivity index is 2.83. The molecule has 0 aliphatic rings. The summed E-state index contributed by atoms with van der Waals surface area (Å²) in [4.78, 5) is 11.1. The molecule has 0 aromatic heterocycles. The zero-order chi connectivity index (χ0) is 13.0. The van der Waals surface area contributed by atoms with E-state index in [2.05, 4.69) is 4.74 Å². The second-order valence-electron chi connectivity index (χ2n) is 3.65. The van der Waals surface area contributed by atoms with Crippen LogP contribution in [0.25, 0.3) is 0 Å². The Kier molecular flexibility index (Phi) is 4.45. The standard InChI is InChI=1S/C12H15FO4/c1-7(14)9-4-5-11(10(13)6-9)17-8(2)12(15)16-3/h4-8,14H,1-3H3/t7-,8?/m1/s1. The van der Waals surface area contributed by atoms with Crippen LogP contribution < -0.4 is 4.74 Å². The van der Waals surface area contributed by atoms with E-state index in [1.807, 2.05) is 0 Å². The van der Waals surface area contributed by atoms with Crippen LogP contribution in [-0.4, -0.2) is 24.3 Å². The third-order valence-corrected chi connectivity index (χ3v) is 2.28. The Morgan fingerprint density at radius 3 is 2.53 bits per heavy atom. The first kappa shape index (κ1) is 13.4. The molecular formula is C12H15FO4. The summed E-state index contributed by atoms with van der Waals surface area (Å²) in [6, 6.07) is 4.08. The summed E-state index contributed by atoms with van der Waals surface area (Å²) in [6.07, 6.45) is -1.64. The van der Waals surface area contributed by atoms with Crippen LogP contribution in [0.1, 0.15) is 25.5 Å². The van der Waals surface area contributed by atoms with Crippen LogP contribution in [0.5, 0.6) is 5.75 Å². The van der Waals surface area contributed by atoms with Crippen molar-refractivity contribution in [3.05, 3.63) is 29.6 Å². The zero-order valence-corrected chi connectivity index (χ0v) is 9.94. The fourth-order valence-corrected chi connectivity index (χ4v) is 1.28. The zero-order valence-electron chi connectivity index (χ0n) is 9.94. The molecule has 1 rings (SSSR count). The average Bonchev–Trinajstić information content (AvgIpc) is 2.30. The van der Waals surface area contributed by atoms with Crippen molar-refractivity contribution in [1.29, 1.82) is 0 Å². The summed E-state index contributed by atoms with van der Waals surface area (Å²) in [5.41, 5.74) is 0.445. The molecule has 0 aliphatic heterocycles. The number of benzene rings is 1. The van der Waals surface area contributed by atoms with Crippen LogP contribution in [0, 0.1) is 5.82 Å². The van der Waals surface area contributed by atoms with Crippen LogP contribution in [0.3, 0.4) is 0 Å². The summed E-state index contributed by atoms with van der Waals surface area (Å²) in [6.45, 7) is 3.00. The van der Waals surface area contributed by atoms with E-state index in [0.29, 0.717) is 5.56 Å². The van der Waals surface area contributed by atoms with Gasteiger partial charge in [-0.15, -0.1) is 0 Å². The van der Waals surface area contributed by atoms with E-state index >= 15 is 0 Å². The van der Waals surface area contributed by atoms with E-state index in [0.717, 1.165) is 0 Å². The van der Waals surface area contributed by atoms with E-state index in [-0.39, 0.29) is 5.75 Å². The Morgan fingerprint density at radius 2 is 2.06 bits per heavy atom. The normalized spacial score (nSPS) is 13.9. The largest absolute Gasteiger partial charge is 0.476 e. The second kappa shape index (κ2) is 5.63. The van der Waals surface area contributed by atoms with Crippen LogP contribution in [0.2, 0.25) is 0 Å². The van der Waals surface area contributed by atoms with Gasteiger partial charge in [-0.1, -0.05) is 6.07 Å². The first-order valence-electron chi connectivity index (χ1n) is 5.17. The lowest BCUT2D eigenvalue weighted by Gasteiger charge is -2.14. The van der Waals surface area contributed by atoms with Gasteiger partial charge >= 0.3 is 5.97 Å². The summed E-state index contributed by atoms with van der Waals surface area (Å²) >= 11 is 0. The number of rotatable bonds is 4. The van der Waals surface area contributed by atoms with Gasteiger partial charge in [0.25, 0.3) is 0 Å². The molecule has 0 aliphatic carbocycles. The maximum atomic E-state index is 13.5. The molecule has 4 nitrogen and oxygen atoms in total. The number of methoxy groups -OCH3 is 1. The fraction of sp³-hybridized carbons (Fsp3) is 0.417.